The van der Waals surface area contributed by atoms with Gasteiger partial charge in [0.2, 0.25) is 5.91 Å². The molecule has 2 fully saturated rings. The fourth-order valence-electron chi connectivity index (χ4n) is 4.97. The highest BCUT2D eigenvalue weighted by molar-refractivity contribution is 5.80. The summed E-state index contributed by atoms with van der Waals surface area (Å²) < 4.78 is 13.8. The smallest absolute Gasteiger partial charge is 0.228 e. The lowest BCUT2D eigenvalue weighted by molar-refractivity contribution is -0.140. The zero-order chi connectivity index (χ0) is 22.3. The number of carbonyl (C=O) groups is 1. The highest BCUT2D eigenvalue weighted by Gasteiger charge is 2.42. The number of amides is 1. The van der Waals surface area contributed by atoms with Gasteiger partial charge in [-0.1, -0.05) is 6.07 Å². The summed E-state index contributed by atoms with van der Waals surface area (Å²) in [7, 11) is 0. The normalized spacial score (nSPS) is 29.1. The van der Waals surface area contributed by atoms with Crippen LogP contribution in [0.4, 0.5) is 4.39 Å². The van der Waals surface area contributed by atoms with Gasteiger partial charge in [-0.3, -0.25) is 4.79 Å². The maximum absolute atomic E-state index is 13.8. The molecule has 9 heteroatoms. The second-order valence-electron chi connectivity index (χ2n) is 8.76. The topological polar surface area (TPSA) is 120 Å². The zero-order valence-corrected chi connectivity index (χ0v) is 17.9. The lowest BCUT2D eigenvalue weighted by Gasteiger charge is -2.40. The Morgan fingerprint density at radius 3 is 2.68 bits per heavy atom. The van der Waals surface area contributed by atoms with Crippen molar-refractivity contribution in [1.82, 2.24) is 20.4 Å². The number of halogens is 1. The van der Waals surface area contributed by atoms with Crippen molar-refractivity contribution in [2.24, 2.45) is 17.4 Å². The minimum atomic E-state index is -0.735. The van der Waals surface area contributed by atoms with E-state index in [-0.39, 0.29) is 41.2 Å². The number of hydrogen-bond donors (Lipinski definition) is 5. The summed E-state index contributed by atoms with van der Waals surface area (Å²) in [6, 6.07) is 4.63. The Hall–Kier alpha value is -2.94. The van der Waals surface area contributed by atoms with E-state index in [2.05, 4.69) is 29.4 Å². The molecule has 4 rings (SSSR count). The van der Waals surface area contributed by atoms with Gasteiger partial charge in [0.15, 0.2) is 11.6 Å². The number of phenols is 1. The number of nitrogens with two attached hydrogens (primary N) is 2. The van der Waals surface area contributed by atoms with Gasteiger partial charge in [-0.2, -0.15) is 0 Å². The molecule has 0 aromatic heterocycles. The molecule has 1 amide bonds. The number of aromatic hydroxyl groups is 1. The zero-order valence-electron chi connectivity index (χ0n) is 17.9. The molecular weight excluding hydrogens is 399 g/mol. The molecule has 168 valence electrons. The summed E-state index contributed by atoms with van der Waals surface area (Å²) in [6.07, 6.45) is 2.37. The minimum Gasteiger partial charge on any atom is -0.504 e. The first-order valence-electron chi connectivity index (χ1n) is 10.8. The highest BCUT2D eigenvalue weighted by Crippen LogP contribution is 2.34. The Labute approximate surface area is 181 Å². The summed E-state index contributed by atoms with van der Waals surface area (Å²) in [6.45, 7) is 6.93. The Kier molecular flexibility index (Phi) is 5.70. The quantitative estimate of drug-likeness (QED) is 0.473. The monoisotopic (exact) mass is 430 g/mol. The number of para-hydroxylation sites is 1. The van der Waals surface area contributed by atoms with Gasteiger partial charge < -0.3 is 37.0 Å². The average Bonchev–Trinajstić information content (AvgIpc) is 3.16. The number of hydrogen-bond acceptors (Lipinski definition) is 7. The van der Waals surface area contributed by atoms with Crippen LogP contribution in [0, 0.1) is 11.7 Å². The fraction of sp³-hybridized carbons (Fsp3) is 0.500. The van der Waals surface area contributed by atoms with Gasteiger partial charge >= 0.3 is 0 Å². The molecule has 3 heterocycles. The molecule has 8 nitrogen and oxygen atoms in total. The first-order valence-corrected chi connectivity index (χ1v) is 10.8. The second-order valence-corrected chi connectivity index (χ2v) is 8.76. The van der Waals surface area contributed by atoms with Crippen molar-refractivity contribution in [1.29, 1.82) is 0 Å². The highest BCUT2D eigenvalue weighted by atomic mass is 19.1. The first kappa shape index (κ1) is 21.3. The van der Waals surface area contributed by atoms with Crippen LogP contribution in [0.15, 0.2) is 35.8 Å². The number of benzene rings is 1. The van der Waals surface area contributed by atoms with Crippen LogP contribution >= 0.6 is 0 Å². The minimum absolute atomic E-state index is 0.106. The number of nitrogens with zero attached hydrogens (tertiary/aromatic N) is 2. The molecule has 3 aliphatic heterocycles. The molecule has 4 atom stereocenters. The van der Waals surface area contributed by atoms with Crippen LogP contribution in [0.2, 0.25) is 0 Å². The predicted octanol–water partition coefficient (Wildman–Crippen LogP) is 0.461. The lowest BCUT2D eigenvalue weighted by atomic mass is 10.00. The molecule has 2 saturated heterocycles. The average molecular weight is 431 g/mol. The van der Waals surface area contributed by atoms with E-state index < -0.39 is 11.6 Å². The van der Waals surface area contributed by atoms with Crippen LogP contribution in [0.25, 0.3) is 5.70 Å². The Balaban J connectivity index is 1.57. The molecule has 3 aliphatic rings. The maximum atomic E-state index is 13.8. The molecule has 1 aromatic carbocycles. The van der Waals surface area contributed by atoms with Crippen molar-refractivity contribution < 1.29 is 14.3 Å². The molecule has 0 aliphatic carbocycles. The van der Waals surface area contributed by atoms with Crippen LogP contribution in [0.3, 0.4) is 0 Å². The van der Waals surface area contributed by atoms with E-state index in [0.29, 0.717) is 24.6 Å². The van der Waals surface area contributed by atoms with Crippen LogP contribution in [-0.2, 0) is 4.79 Å². The maximum Gasteiger partial charge on any atom is 0.228 e. The molecule has 1 aromatic rings. The van der Waals surface area contributed by atoms with Crippen molar-refractivity contribution in [3.63, 3.8) is 0 Å². The van der Waals surface area contributed by atoms with Crippen LogP contribution in [-0.4, -0.2) is 65.1 Å². The number of allylic oxidation sites excluding steroid dienone is 1. The summed E-state index contributed by atoms with van der Waals surface area (Å²) in [5, 5.41) is 16.6. The van der Waals surface area contributed by atoms with Gasteiger partial charge in [-0.25, -0.2) is 4.39 Å². The lowest BCUT2D eigenvalue weighted by Crippen LogP contribution is -2.58. The second kappa shape index (κ2) is 8.30. The van der Waals surface area contributed by atoms with Gasteiger partial charge in [0, 0.05) is 55.6 Å². The summed E-state index contributed by atoms with van der Waals surface area (Å²) in [5.41, 5.74) is 13.5. The third kappa shape index (κ3) is 3.89. The van der Waals surface area contributed by atoms with Gasteiger partial charge in [0.25, 0.3) is 0 Å². The number of piperazine rings is 1. The Morgan fingerprint density at radius 1 is 1.26 bits per heavy atom. The molecule has 0 radical (unpaired) electrons. The molecule has 7 N–H and O–H groups in total. The van der Waals surface area contributed by atoms with Crippen molar-refractivity contribution in [2.45, 2.75) is 38.4 Å². The van der Waals surface area contributed by atoms with Crippen molar-refractivity contribution in [2.75, 3.05) is 26.2 Å². The number of phenolic OH excluding ortho intramolecular Hbond substituents is 1. The van der Waals surface area contributed by atoms with Gasteiger partial charge in [0.05, 0.1) is 11.6 Å². The van der Waals surface area contributed by atoms with Crippen LogP contribution in [0.1, 0.15) is 25.8 Å². The van der Waals surface area contributed by atoms with E-state index in [0.717, 1.165) is 19.5 Å². The van der Waals surface area contributed by atoms with Crippen molar-refractivity contribution >= 4 is 11.6 Å². The van der Waals surface area contributed by atoms with Gasteiger partial charge in [-0.15, -0.1) is 0 Å². The fourth-order valence-corrected chi connectivity index (χ4v) is 4.97. The van der Waals surface area contributed by atoms with E-state index in [1.165, 1.54) is 12.1 Å². The summed E-state index contributed by atoms with van der Waals surface area (Å²) in [5.74, 6) is -0.734. The third-order valence-corrected chi connectivity index (χ3v) is 6.55. The van der Waals surface area contributed by atoms with E-state index in [4.69, 9.17) is 11.5 Å². The van der Waals surface area contributed by atoms with Crippen molar-refractivity contribution in [3.8, 4) is 5.75 Å². The van der Waals surface area contributed by atoms with E-state index in [1.807, 2.05) is 4.90 Å². The number of rotatable bonds is 3. The summed E-state index contributed by atoms with van der Waals surface area (Å²) in [4.78, 5) is 17.5. The van der Waals surface area contributed by atoms with Gasteiger partial charge in [0.1, 0.15) is 5.82 Å². The van der Waals surface area contributed by atoms with E-state index >= 15 is 0 Å². The number of nitrogens with one attached hydrogen (secondary N) is 2. The van der Waals surface area contributed by atoms with Crippen LogP contribution in [0.5, 0.6) is 5.75 Å². The van der Waals surface area contributed by atoms with Gasteiger partial charge in [-0.05, 0) is 38.5 Å². The Bertz CT molecular complexity index is 923. The predicted molar refractivity (Wildman–Crippen MR) is 117 cm³/mol. The molecule has 0 spiro atoms. The Morgan fingerprint density at radius 2 is 1.97 bits per heavy atom. The molecule has 0 bridgehead atoms. The van der Waals surface area contributed by atoms with Crippen molar-refractivity contribution in [3.05, 3.63) is 47.2 Å². The number of carbonyl (C=O) groups excluding carboxylic acids is 1. The van der Waals surface area contributed by atoms with Crippen LogP contribution < -0.4 is 22.1 Å². The standard InChI is InChI=1S/C22H31FN6O2/c1-12-8-26-9-13(2)29(12)22(31)14-6-15-10-27-21(25)19(28(15)11-14)7-18(24)16-4-3-5-17(23)20(16)30/h3-5,7,12-15,26-27,30H,6,8-11,24-25H2,1-2H3/b18-7-. The molecule has 0 saturated carbocycles. The largest absolute Gasteiger partial charge is 0.504 e. The van der Waals surface area contributed by atoms with E-state index in [1.54, 1.807) is 12.1 Å². The number of fused-ring (bicyclic) bond motifs is 1. The molecular formula is C22H31FN6O2. The third-order valence-electron chi connectivity index (χ3n) is 6.55. The molecule has 4 unspecified atom stereocenters. The summed E-state index contributed by atoms with van der Waals surface area (Å²) >= 11 is 0. The SMILES string of the molecule is CC1CNCC(C)N1C(=O)C1CC2CNC(N)=C(/C=C(\N)c3cccc(F)c3O)N2C1. The first-order chi connectivity index (χ1) is 14.8. The van der Waals surface area contributed by atoms with E-state index in [9.17, 15) is 14.3 Å². The molecule has 31 heavy (non-hydrogen) atoms.